The van der Waals surface area contributed by atoms with Gasteiger partial charge >= 0.3 is 0 Å². The van der Waals surface area contributed by atoms with Gasteiger partial charge in [-0.25, -0.2) is 4.68 Å². The molecule has 2 aromatic carbocycles. The Balaban J connectivity index is 1.77. The zero-order valence-corrected chi connectivity index (χ0v) is 13.7. The van der Waals surface area contributed by atoms with Crippen LogP contribution in [0.25, 0.3) is 10.8 Å². The standard InChI is InChI=1S/C17H12N6OS/c18-8-12(9-19)10-20-23-16(21-22-17(23)25)11-24-15-6-5-13-3-1-2-4-14(13)7-15/h1-7,10,20H,11H2,(H,22,25). The van der Waals surface area contributed by atoms with Crippen LogP contribution in [-0.2, 0) is 6.61 Å². The third-order valence-corrected chi connectivity index (χ3v) is 3.68. The number of H-pyrrole nitrogens is 1. The Morgan fingerprint density at radius 1 is 1.24 bits per heavy atom. The van der Waals surface area contributed by atoms with Gasteiger partial charge in [0.2, 0.25) is 4.77 Å². The van der Waals surface area contributed by atoms with E-state index in [0.717, 1.165) is 10.8 Å². The second-order valence-corrected chi connectivity index (χ2v) is 5.38. The molecule has 1 aromatic heterocycles. The molecule has 0 saturated carbocycles. The van der Waals surface area contributed by atoms with Gasteiger partial charge in [0.15, 0.2) is 5.82 Å². The van der Waals surface area contributed by atoms with Crippen molar-refractivity contribution in [3.05, 3.63) is 64.8 Å². The van der Waals surface area contributed by atoms with E-state index in [1.54, 1.807) is 12.1 Å². The zero-order chi connectivity index (χ0) is 17.6. The predicted octanol–water partition coefficient (Wildman–Crippen LogP) is 3.15. The van der Waals surface area contributed by atoms with E-state index in [2.05, 4.69) is 15.6 Å². The first-order valence-electron chi connectivity index (χ1n) is 7.26. The first-order valence-corrected chi connectivity index (χ1v) is 7.67. The Hall–Kier alpha value is -3.62. The van der Waals surface area contributed by atoms with E-state index in [1.807, 2.05) is 42.5 Å². The molecule has 7 nitrogen and oxygen atoms in total. The van der Waals surface area contributed by atoms with Gasteiger partial charge in [0.1, 0.15) is 30.1 Å². The highest BCUT2D eigenvalue weighted by atomic mass is 32.1. The summed E-state index contributed by atoms with van der Waals surface area (Å²) in [6, 6.07) is 17.3. The Morgan fingerprint density at radius 2 is 2.00 bits per heavy atom. The van der Waals surface area contributed by atoms with Crippen molar-refractivity contribution in [2.45, 2.75) is 6.61 Å². The summed E-state index contributed by atoms with van der Waals surface area (Å²) >= 11 is 5.12. The molecule has 0 saturated heterocycles. The molecule has 0 aliphatic rings. The lowest BCUT2D eigenvalue weighted by atomic mass is 10.1. The highest BCUT2D eigenvalue weighted by Gasteiger charge is 2.07. The number of hydrogen-bond donors (Lipinski definition) is 2. The average Bonchev–Trinajstić information content (AvgIpc) is 3.00. The fourth-order valence-electron chi connectivity index (χ4n) is 2.18. The zero-order valence-electron chi connectivity index (χ0n) is 12.9. The van der Waals surface area contributed by atoms with E-state index >= 15 is 0 Å². The predicted molar refractivity (Wildman–Crippen MR) is 94.4 cm³/mol. The van der Waals surface area contributed by atoms with Gasteiger partial charge in [0.05, 0.1) is 0 Å². The van der Waals surface area contributed by atoms with E-state index < -0.39 is 0 Å². The van der Waals surface area contributed by atoms with Gasteiger partial charge in [-0.1, -0.05) is 30.3 Å². The molecule has 2 N–H and O–H groups in total. The van der Waals surface area contributed by atoms with Crippen LogP contribution in [0.15, 0.2) is 54.2 Å². The summed E-state index contributed by atoms with van der Waals surface area (Å²) in [5.41, 5.74) is 2.68. The minimum Gasteiger partial charge on any atom is -0.486 e. The van der Waals surface area contributed by atoms with Gasteiger partial charge < -0.3 is 4.74 Å². The van der Waals surface area contributed by atoms with Crippen LogP contribution in [-0.4, -0.2) is 14.9 Å². The van der Waals surface area contributed by atoms with Crippen molar-refractivity contribution in [3.8, 4) is 17.9 Å². The van der Waals surface area contributed by atoms with Crippen molar-refractivity contribution < 1.29 is 4.74 Å². The molecule has 0 spiro atoms. The molecule has 0 bridgehead atoms. The fourth-order valence-corrected chi connectivity index (χ4v) is 2.39. The first kappa shape index (κ1) is 16.2. The number of ether oxygens (including phenoxy) is 1. The number of aromatic amines is 1. The number of aromatic nitrogens is 3. The maximum atomic E-state index is 8.77. The Kier molecular flexibility index (Phi) is 4.74. The van der Waals surface area contributed by atoms with Gasteiger partial charge in [-0.3, -0.25) is 10.5 Å². The number of allylic oxidation sites excluding steroid dienone is 1. The second-order valence-electron chi connectivity index (χ2n) is 4.99. The van der Waals surface area contributed by atoms with Crippen LogP contribution in [0.4, 0.5) is 0 Å². The molecule has 122 valence electrons. The SMILES string of the molecule is N#CC(C#N)=CNn1c(COc2ccc3ccccc3c2)n[nH]c1=S. The maximum Gasteiger partial charge on any atom is 0.214 e. The fraction of sp³-hybridized carbons (Fsp3) is 0.0588. The molecule has 3 rings (SSSR count). The van der Waals surface area contributed by atoms with Crippen molar-refractivity contribution in [1.29, 1.82) is 10.5 Å². The van der Waals surface area contributed by atoms with Crippen LogP contribution in [0.3, 0.4) is 0 Å². The first-order chi connectivity index (χ1) is 12.2. The molecule has 0 amide bonds. The van der Waals surface area contributed by atoms with Gasteiger partial charge in [0.25, 0.3) is 0 Å². The number of fused-ring (bicyclic) bond motifs is 1. The normalized spacial score (nSPS) is 9.84. The third kappa shape index (κ3) is 3.66. The summed E-state index contributed by atoms with van der Waals surface area (Å²) in [6.45, 7) is 0.154. The summed E-state index contributed by atoms with van der Waals surface area (Å²) in [7, 11) is 0. The molecule has 0 unspecified atom stereocenters. The van der Waals surface area contributed by atoms with Crippen LogP contribution >= 0.6 is 12.2 Å². The molecule has 25 heavy (non-hydrogen) atoms. The van der Waals surface area contributed by atoms with Crippen molar-refractivity contribution in [1.82, 2.24) is 14.9 Å². The quantitative estimate of drug-likeness (QED) is 0.542. The topological polar surface area (TPSA) is 102 Å². The van der Waals surface area contributed by atoms with Crippen LogP contribution in [0, 0.1) is 27.4 Å². The lowest BCUT2D eigenvalue weighted by Crippen LogP contribution is -2.15. The van der Waals surface area contributed by atoms with E-state index in [1.165, 1.54) is 10.9 Å². The summed E-state index contributed by atoms with van der Waals surface area (Å²) in [5, 5.41) is 26.5. The smallest absolute Gasteiger partial charge is 0.214 e. The molecule has 3 aromatic rings. The molecule has 8 heteroatoms. The van der Waals surface area contributed by atoms with Crippen molar-refractivity contribution in [2.75, 3.05) is 5.43 Å². The summed E-state index contributed by atoms with van der Waals surface area (Å²) < 4.78 is 7.50. The third-order valence-electron chi connectivity index (χ3n) is 3.41. The van der Waals surface area contributed by atoms with E-state index in [-0.39, 0.29) is 12.2 Å². The minimum atomic E-state index is -0.0792. The molecular weight excluding hydrogens is 336 g/mol. The number of nitriles is 2. The molecule has 0 fully saturated rings. The molecule has 0 aliphatic heterocycles. The van der Waals surface area contributed by atoms with E-state index in [4.69, 9.17) is 27.5 Å². The molecular formula is C17H12N6OS. The lowest BCUT2D eigenvalue weighted by molar-refractivity contribution is 0.292. The number of nitrogens with zero attached hydrogens (tertiary/aromatic N) is 4. The lowest BCUT2D eigenvalue weighted by Gasteiger charge is -2.09. The number of rotatable bonds is 5. The second kappa shape index (κ2) is 7.30. The maximum absolute atomic E-state index is 8.77. The van der Waals surface area contributed by atoms with Crippen LogP contribution in [0.5, 0.6) is 5.75 Å². The largest absolute Gasteiger partial charge is 0.486 e. The van der Waals surface area contributed by atoms with Crippen LogP contribution < -0.4 is 10.2 Å². The van der Waals surface area contributed by atoms with Gasteiger partial charge in [0, 0.05) is 6.20 Å². The minimum absolute atomic E-state index is 0.0792. The summed E-state index contributed by atoms with van der Waals surface area (Å²) in [4.78, 5) is 0. The molecule has 0 atom stereocenters. The summed E-state index contributed by atoms with van der Waals surface area (Å²) in [5.74, 6) is 1.18. The van der Waals surface area contributed by atoms with Crippen molar-refractivity contribution in [3.63, 3.8) is 0 Å². The monoisotopic (exact) mass is 348 g/mol. The summed E-state index contributed by atoms with van der Waals surface area (Å²) in [6.07, 6.45) is 1.25. The molecule has 1 heterocycles. The Bertz CT molecular complexity index is 1070. The number of benzene rings is 2. The average molecular weight is 348 g/mol. The molecule has 0 radical (unpaired) electrons. The van der Waals surface area contributed by atoms with E-state index in [9.17, 15) is 0 Å². The highest BCUT2D eigenvalue weighted by molar-refractivity contribution is 7.71. The number of nitrogens with one attached hydrogen (secondary N) is 2. The van der Waals surface area contributed by atoms with Gasteiger partial charge in [-0.2, -0.15) is 15.6 Å². The van der Waals surface area contributed by atoms with E-state index in [0.29, 0.717) is 16.3 Å². The molecule has 0 aliphatic carbocycles. The van der Waals surface area contributed by atoms with Gasteiger partial charge in [-0.15, -0.1) is 0 Å². The van der Waals surface area contributed by atoms with Gasteiger partial charge in [-0.05, 0) is 35.1 Å². The van der Waals surface area contributed by atoms with Crippen molar-refractivity contribution >= 4 is 23.0 Å². The Morgan fingerprint density at radius 3 is 2.76 bits per heavy atom. The number of hydrogen-bond acceptors (Lipinski definition) is 6. The highest BCUT2D eigenvalue weighted by Crippen LogP contribution is 2.21. The van der Waals surface area contributed by atoms with Crippen LogP contribution in [0.1, 0.15) is 5.82 Å². The van der Waals surface area contributed by atoms with Crippen LogP contribution in [0.2, 0.25) is 0 Å². The van der Waals surface area contributed by atoms with Crippen molar-refractivity contribution in [2.24, 2.45) is 0 Å². The Labute approximate surface area is 148 Å².